The van der Waals surface area contributed by atoms with Gasteiger partial charge in [0, 0.05) is 31.0 Å². The van der Waals surface area contributed by atoms with E-state index in [0.717, 1.165) is 25.7 Å². The molecule has 0 aromatic heterocycles. The molecule has 0 radical (unpaired) electrons. The van der Waals surface area contributed by atoms with Crippen LogP contribution in [0.4, 0.5) is 5.69 Å². The van der Waals surface area contributed by atoms with E-state index in [1.807, 2.05) is 0 Å². The summed E-state index contributed by atoms with van der Waals surface area (Å²) in [5.41, 5.74) is 0.615. The second-order valence-electron chi connectivity index (χ2n) is 6.11. The number of methoxy groups -OCH3 is 1. The summed E-state index contributed by atoms with van der Waals surface area (Å²) in [6.07, 6.45) is 5.39. The lowest BCUT2D eigenvalue weighted by Crippen LogP contribution is -2.40. The van der Waals surface area contributed by atoms with Crippen molar-refractivity contribution in [1.82, 2.24) is 5.32 Å². The third kappa shape index (κ3) is 4.87. The number of amides is 2. The Bertz CT molecular complexity index is 586. The fourth-order valence-corrected chi connectivity index (χ4v) is 3.29. The number of rotatable bonds is 6. The second kappa shape index (κ2) is 8.92. The number of anilines is 1. The molecule has 2 rings (SSSR count). The van der Waals surface area contributed by atoms with Gasteiger partial charge in [-0.05, 0) is 31.0 Å². The van der Waals surface area contributed by atoms with Crippen LogP contribution >= 0.6 is 11.6 Å². The number of carbonyl (C=O) groups is 2. The van der Waals surface area contributed by atoms with E-state index in [0.29, 0.717) is 29.5 Å². The first-order valence-corrected chi connectivity index (χ1v) is 8.80. The first-order chi connectivity index (χ1) is 11.5. The maximum Gasteiger partial charge on any atom is 0.224 e. The molecule has 1 fully saturated rings. The van der Waals surface area contributed by atoms with Crippen LogP contribution in [0.25, 0.3) is 0 Å². The molecule has 1 saturated carbocycles. The molecule has 5 nitrogen and oxygen atoms in total. The van der Waals surface area contributed by atoms with E-state index < -0.39 is 0 Å². The topological polar surface area (TPSA) is 58.6 Å². The highest BCUT2D eigenvalue weighted by atomic mass is 35.5. The Hall–Kier alpha value is -1.75. The normalized spacial score (nSPS) is 15.0. The Morgan fingerprint density at radius 2 is 2.00 bits per heavy atom. The Labute approximate surface area is 148 Å². The minimum Gasteiger partial charge on any atom is -0.495 e. The molecule has 0 bridgehead atoms. The summed E-state index contributed by atoms with van der Waals surface area (Å²) >= 11 is 6.05. The van der Waals surface area contributed by atoms with Gasteiger partial charge in [0.05, 0.1) is 12.8 Å². The van der Waals surface area contributed by atoms with Crippen LogP contribution in [0.3, 0.4) is 0 Å². The lowest BCUT2D eigenvalue weighted by atomic mass is 9.89. The van der Waals surface area contributed by atoms with Crippen LogP contribution in [0, 0.1) is 5.92 Å². The fourth-order valence-electron chi connectivity index (χ4n) is 3.12. The lowest BCUT2D eigenvalue weighted by molar-refractivity contribution is -0.126. The third-order valence-corrected chi connectivity index (χ3v) is 4.66. The number of hydrogen-bond donors (Lipinski definition) is 1. The van der Waals surface area contributed by atoms with Crippen molar-refractivity contribution in [3.63, 3.8) is 0 Å². The molecule has 0 atom stereocenters. The highest BCUT2D eigenvalue weighted by Gasteiger charge is 2.21. The molecular formula is C18H25ClN2O3. The number of nitrogens with zero attached hydrogens (tertiary/aromatic N) is 1. The number of carbonyl (C=O) groups excluding carboxylic acids is 2. The summed E-state index contributed by atoms with van der Waals surface area (Å²) in [7, 11) is 1.55. The van der Waals surface area contributed by atoms with E-state index >= 15 is 0 Å². The molecule has 0 aliphatic heterocycles. The van der Waals surface area contributed by atoms with Gasteiger partial charge in [-0.3, -0.25) is 9.59 Å². The highest BCUT2D eigenvalue weighted by Crippen LogP contribution is 2.31. The van der Waals surface area contributed by atoms with Crippen molar-refractivity contribution in [2.24, 2.45) is 5.92 Å². The molecule has 0 unspecified atom stereocenters. The SMILES string of the molecule is COc1ccc(Cl)cc1N(CCNC(=O)C1CCCCC1)C(C)=O. The van der Waals surface area contributed by atoms with E-state index in [9.17, 15) is 9.59 Å². The summed E-state index contributed by atoms with van der Waals surface area (Å²) < 4.78 is 5.31. The van der Waals surface area contributed by atoms with Crippen molar-refractivity contribution in [2.45, 2.75) is 39.0 Å². The van der Waals surface area contributed by atoms with Gasteiger partial charge in [-0.2, -0.15) is 0 Å². The molecule has 1 aliphatic carbocycles. The number of ether oxygens (including phenoxy) is 1. The molecule has 132 valence electrons. The average Bonchev–Trinajstić information content (AvgIpc) is 2.59. The molecule has 0 heterocycles. The Balaban J connectivity index is 1.98. The summed E-state index contributed by atoms with van der Waals surface area (Å²) in [6.45, 7) is 2.28. The lowest BCUT2D eigenvalue weighted by Gasteiger charge is -2.25. The Kier molecular flexibility index (Phi) is 6.91. The number of nitrogens with one attached hydrogen (secondary N) is 1. The summed E-state index contributed by atoms with van der Waals surface area (Å²) in [4.78, 5) is 25.8. The minimum atomic E-state index is -0.123. The van der Waals surface area contributed by atoms with Gasteiger partial charge in [0.15, 0.2) is 0 Å². The Morgan fingerprint density at radius 3 is 2.62 bits per heavy atom. The molecule has 24 heavy (non-hydrogen) atoms. The summed E-state index contributed by atoms with van der Waals surface area (Å²) in [5, 5.41) is 3.48. The van der Waals surface area contributed by atoms with Crippen molar-refractivity contribution in [2.75, 3.05) is 25.1 Å². The largest absolute Gasteiger partial charge is 0.495 e. The fraction of sp³-hybridized carbons (Fsp3) is 0.556. The summed E-state index contributed by atoms with van der Waals surface area (Å²) in [5.74, 6) is 0.664. The quantitative estimate of drug-likeness (QED) is 0.853. The van der Waals surface area contributed by atoms with Crippen molar-refractivity contribution in [3.05, 3.63) is 23.2 Å². The molecular weight excluding hydrogens is 328 g/mol. The Morgan fingerprint density at radius 1 is 1.29 bits per heavy atom. The van der Waals surface area contributed by atoms with Gasteiger partial charge in [-0.15, -0.1) is 0 Å². The van der Waals surface area contributed by atoms with Crippen molar-refractivity contribution < 1.29 is 14.3 Å². The predicted octanol–water partition coefficient (Wildman–Crippen LogP) is 3.40. The molecule has 0 spiro atoms. The van der Waals surface area contributed by atoms with E-state index in [1.165, 1.54) is 13.3 Å². The zero-order valence-electron chi connectivity index (χ0n) is 14.3. The van der Waals surface area contributed by atoms with Gasteiger partial charge >= 0.3 is 0 Å². The van der Waals surface area contributed by atoms with Crippen molar-refractivity contribution in [1.29, 1.82) is 0 Å². The van der Waals surface area contributed by atoms with E-state index in [1.54, 1.807) is 30.2 Å². The molecule has 1 aromatic rings. The van der Waals surface area contributed by atoms with Crippen LogP contribution in [0.2, 0.25) is 5.02 Å². The van der Waals surface area contributed by atoms with Gasteiger partial charge in [0.25, 0.3) is 0 Å². The monoisotopic (exact) mass is 352 g/mol. The standard InChI is InChI=1S/C18H25ClN2O3/c1-13(22)21(16-12-15(19)8-9-17(16)24-2)11-10-20-18(23)14-6-4-3-5-7-14/h8-9,12,14H,3-7,10-11H2,1-2H3,(H,20,23). The molecule has 1 N–H and O–H groups in total. The summed E-state index contributed by atoms with van der Waals surface area (Å²) in [6, 6.07) is 5.14. The van der Waals surface area contributed by atoms with Crippen molar-refractivity contribution in [3.8, 4) is 5.75 Å². The number of halogens is 1. The first kappa shape index (κ1) is 18.6. The molecule has 2 amide bonds. The predicted molar refractivity (Wildman–Crippen MR) is 95.6 cm³/mol. The minimum absolute atomic E-state index is 0.0938. The highest BCUT2D eigenvalue weighted by molar-refractivity contribution is 6.31. The average molecular weight is 353 g/mol. The van der Waals surface area contributed by atoms with Crippen molar-refractivity contribution >= 4 is 29.1 Å². The smallest absolute Gasteiger partial charge is 0.224 e. The van der Waals surface area contributed by atoms with E-state index in [-0.39, 0.29) is 17.7 Å². The van der Waals surface area contributed by atoms with Gasteiger partial charge in [-0.25, -0.2) is 0 Å². The van der Waals surface area contributed by atoms with E-state index in [4.69, 9.17) is 16.3 Å². The van der Waals surface area contributed by atoms with Crippen LogP contribution in [0.15, 0.2) is 18.2 Å². The first-order valence-electron chi connectivity index (χ1n) is 8.42. The molecule has 0 saturated heterocycles. The zero-order chi connectivity index (χ0) is 17.5. The third-order valence-electron chi connectivity index (χ3n) is 4.42. The maximum atomic E-state index is 12.2. The number of hydrogen-bond acceptors (Lipinski definition) is 3. The van der Waals surface area contributed by atoms with Crippen LogP contribution in [-0.4, -0.2) is 32.0 Å². The number of benzene rings is 1. The molecule has 1 aromatic carbocycles. The van der Waals surface area contributed by atoms with Crippen LogP contribution in [0.5, 0.6) is 5.75 Å². The van der Waals surface area contributed by atoms with Crippen LogP contribution in [-0.2, 0) is 9.59 Å². The van der Waals surface area contributed by atoms with Crippen LogP contribution < -0.4 is 15.0 Å². The van der Waals surface area contributed by atoms with Gasteiger partial charge in [0.2, 0.25) is 11.8 Å². The van der Waals surface area contributed by atoms with E-state index in [2.05, 4.69) is 5.32 Å². The van der Waals surface area contributed by atoms with Gasteiger partial charge in [-0.1, -0.05) is 30.9 Å². The van der Waals surface area contributed by atoms with Crippen LogP contribution in [0.1, 0.15) is 39.0 Å². The zero-order valence-corrected chi connectivity index (χ0v) is 15.1. The molecule has 1 aliphatic rings. The second-order valence-corrected chi connectivity index (χ2v) is 6.55. The van der Waals surface area contributed by atoms with Gasteiger partial charge in [0.1, 0.15) is 5.75 Å². The molecule has 6 heteroatoms. The maximum absolute atomic E-state index is 12.2. The van der Waals surface area contributed by atoms with Gasteiger partial charge < -0.3 is 15.0 Å².